The molecule has 0 fully saturated rings. The Morgan fingerprint density at radius 2 is 1.91 bits per heavy atom. The molecule has 2 rings (SSSR count). The Kier molecular flexibility index (Phi) is 4.35. The predicted octanol–water partition coefficient (Wildman–Crippen LogP) is 2.42. The van der Waals surface area contributed by atoms with Crippen LogP contribution in [0.2, 0.25) is 0 Å². The van der Waals surface area contributed by atoms with E-state index in [0.29, 0.717) is 5.70 Å². The highest BCUT2D eigenvalue weighted by atomic mass is 19.4. The molecule has 1 heterocycles. The highest BCUT2D eigenvalue weighted by Crippen LogP contribution is 2.33. The molecule has 3 amide bonds. The average Bonchev–Trinajstić information content (AvgIpc) is 2.45. The minimum Gasteiger partial charge on any atom is -0.345 e. The van der Waals surface area contributed by atoms with Crippen LogP contribution in [-0.4, -0.2) is 30.9 Å². The second kappa shape index (κ2) is 5.94. The van der Waals surface area contributed by atoms with Gasteiger partial charge in [-0.2, -0.15) is 13.2 Å². The number of amides is 3. The van der Waals surface area contributed by atoms with Crippen molar-refractivity contribution in [3.63, 3.8) is 0 Å². The number of carbonyl (C=O) groups excluding carboxylic acids is 2. The number of urea groups is 1. The molecule has 0 spiro atoms. The van der Waals surface area contributed by atoms with Crippen molar-refractivity contribution < 1.29 is 22.8 Å². The van der Waals surface area contributed by atoms with Gasteiger partial charge in [0.1, 0.15) is 0 Å². The minimum absolute atomic E-state index is 0.194. The largest absolute Gasteiger partial charge is 0.416 e. The second-order valence-corrected chi connectivity index (χ2v) is 5.39. The third kappa shape index (κ3) is 3.46. The number of nitrogens with one attached hydrogen (secondary N) is 2. The quantitative estimate of drug-likeness (QED) is 0.876. The summed E-state index contributed by atoms with van der Waals surface area (Å²) in [4.78, 5) is 25.3. The number of carbonyl (C=O) groups is 2. The molecule has 1 aliphatic heterocycles. The number of halogens is 3. The zero-order valence-electron chi connectivity index (χ0n) is 12.8. The van der Waals surface area contributed by atoms with Crippen LogP contribution in [0, 0.1) is 0 Å². The van der Waals surface area contributed by atoms with E-state index in [0.717, 1.165) is 12.1 Å². The van der Waals surface area contributed by atoms with E-state index in [4.69, 9.17) is 0 Å². The first-order valence-electron chi connectivity index (χ1n) is 6.78. The van der Waals surface area contributed by atoms with Crippen molar-refractivity contribution in [1.29, 1.82) is 0 Å². The fourth-order valence-corrected chi connectivity index (χ4v) is 2.36. The van der Waals surface area contributed by atoms with Gasteiger partial charge in [-0.25, -0.2) is 4.79 Å². The summed E-state index contributed by atoms with van der Waals surface area (Å²) in [6.07, 6.45) is -4.50. The van der Waals surface area contributed by atoms with E-state index >= 15 is 0 Å². The molecule has 8 heteroatoms. The zero-order chi connectivity index (χ0) is 17.4. The molecule has 0 aliphatic carbocycles. The van der Waals surface area contributed by atoms with Crippen LogP contribution in [0.3, 0.4) is 0 Å². The second-order valence-electron chi connectivity index (χ2n) is 5.39. The molecule has 124 valence electrons. The van der Waals surface area contributed by atoms with Gasteiger partial charge >= 0.3 is 12.2 Å². The molecule has 1 aliphatic rings. The van der Waals surface area contributed by atoms with E-state index in [2.05, 4.69) is 10.6 Å². The van der Waals surface area contributed by atoms with Gasteiger partial charge in [-0.05, 0) is 24.6 Å². The fourth-order valence-electron chi connectivity index (χ4n) is 2.36. The molecule has 0 saturated carbocycles. The first-order valence-corrected chi connectivity index (χ1v) is 6.78. The molecular formula is C15H16F3N3O2. The first-order chi connectivity index (χ1) is 10.6. The number of nitrogens with zero attached hydrogens (tertiary/aromatic N) is 1. The summed E-state index contributed by atoms with van der Waals surface area (Å²) in [6.45, 7) is 1.54. The number of benzene rings is 1. The number of likely N-dealkylation sites (N-methyl/N-ethyl adjacent to an activating group) is 1. The molecule has 0 aromatic heterocycles. The molecule has 2 N–H and O–H groups in total. The van der Waals surface area contributed by atoms with E-state index in [-0.39, 0.29) is 11.1 Å². The van der Waals surface area contributed by atoms with Crippen molar-refractivity contribution in [2.45, 2.75) is 19.1 Å². The van der Waals surface area contributed by atoms with Crippen molar-refractivity contribution in [3.8, 4) is 0 Å². The summed E-state index contributed by atoms with van der Waals surface area (Å²) < 4.78 is 38.7. The monoisotopic (exact) mass is 327 g/mol. The number of alkyl halides is 3. The maximum Gasteiger partial charge on any atom is 0.416 e. The van der Waals surface area contributed by atoms with E-state index in [9.17, 15) is 22.8 Å². The normalized spacial score (nSPS) is 18.3. The van der Waals surface area contributed by atoms with Crippen LogP contribution in [0.5, 0.6) is 0 Å². The maximum absolute atomic E-state index is 12.9. The van der Waals surface area contributed by atoms with Crippen molar-refractivity contribution in [2.75, 3.05) is 14.1 Å². The van der Waals surface area contributed by atoms with Crippen LogP contribution in [0.15, 0.2) is 35.5 Å². The highest BCUT2D eigenvalue weighted by molar-refractivity contribution is 5.98. The Hall–Kier alpha value is -2.51. The highest BCUT2D eigenvalue weighted by Gasteiger charge is 2.35. The number of hydrogen-bond acceptors (Lipinski definition) is 2. The lowest BCUT2D eigenvalue weighted by Crippen LogP contribution is -2.46. The number of allylic oxidation sites excluding steroid dienone is 1. The van der Waals surface area contributed by atoms with Crippen molar-refractivity contribution in [2.24, 2.45) is 0 Å². The first kappa shape index (κ1) is 16.9. The molecule has 5 nitrogen and oxygen atoms in total. The van der Waals surface area contributed by atoms with E-state index in [1.54, 1.807) is 0 Å². The van der Waals surface area contributed by atoms with Crippen molar-refractivity contribution in [3.05, 3.63) is 46.7 Å². The van der Waals surface area contributed by atoms with E-state index < -0.39 is 29.7 Å². The molecule has 1 unspecified atom stereocenters. The minimum atomic E-state index is -4.50. The Morgan fingerprint density at radius 3 is 2.48 bits per heavy atom. The van der Waals surface area contributed by atoms with Gasteiger partial charge in [-0.3, -0.25) is 4.79 Å². The summed E-state index contributed by atoms with van der Waals surface area (Å²) in [6, 6.07) is 3.06. The maximum atomic E-state index is 12.9. The van der Waals surface area contributed by atoms with Gasteiger partial charge < -0.3 is 15.5 Å². The van der Waals surface area contributed by atoms with Gasteiger partial charge in [-0.15, -0.1) is 0 Å². The Balaban J connectivity index is 2.53. The molecule has 0 radical (unpaired) electrons. The Labute approximate surface area is 131 Å². The van der Waals surface area contributed by atoms with E-state index in [1.165, 1.54) is 38.1 Å². The van der Waals surface area contributed by atoms with Gasteiger partial charge in [0.05, 0.1) is 17.2 Å². The van der Waals surface area contributed by atoms with Crippen LogP contribution in [0.25, 0.3) is 0 Å². The van der Waals surface area contributed by atoms with Crippen molar-refractivity contribution in [1.82, 2.24) is 15.5 Å². The summed E-state index contributed by atoms with van der Waals surface area (Å²) in [7, 11) is 3.06. The molecule has 1 aromatic rings. The van der Waals surface area contributed by atoms with Crippen LogP contribution >= 0.6 is 0 Å². The van der Waals surface area contributed by atoms with E-state index in [1.807, 2.05) is 0 Å². The predicted molar refractivity (Wildman–Crippen MR) is 77.2 cm³/mol. The summed E-state index contributed by atoms with van der Waals surface area (Å²) in [5, 5.41) is 4.97. The van der Waals surface area contributed by atoms with Crippen LogP contribution in [0.1, 0.15) is 24.1 Å². The zero-order valence-corrected chi connectivity index (χ0v) is 12.8. The summed E-state index contributed by atoms with van der Waals surface area (Å²) in [5.41, 5.74) is -0.125. The third-order valence-corrected chi connectivity index (χ3v) is 3.45. The topological polar surface area (TPSA) is 61.4 Å². The summed E-state index contributed by atoms with van der Waals surface area (Å²) >= 11 is 0. The lowest BCUT2D eigenvalue weighted by molar-refractivity contribution is -0.137. The third-order valence-electron chi connectivity index (χ3n) is 3.45. The summed E-state index contributed by atoms with van der Waals surface area (Å²) in [5.74, 6) is -0.391. The van der Waals surface area contributed by atoms with Crippen LogP contribution in [0.4, 0.5) is 18.0 Å². The number of rotatable bonds is 2. The molecule has 1 atom stereocenters. The number of hydrogen-bond donors (Lipinski definition) is 2. The smallest absolute Gasteiger partial charge is 0.345 e. The lowest BCUT2D eigenvalue weighted by Gasteiger charge is -2.30. The average molecular weight is 327 g/mol. The molecule has 0 bridgehead atoms. The van der Waals surface area contributed by atoms with Gasteiger partial charge in [-0.1, -0.05) is 12.1 Å². The fraction of sp³-hybridized carbons (Fsp3) is 0.333. The van der Waals surface area contributed by atoms with Crippen LogP contribution < -0.4 is 10.6 Å². The van der Waals surface area contributed by atoms with Gasteiger partial charge in [0.2, 0.25) is 0 Å². The van der Waals surface area contributed by atoms with Crippen LogP contribution in [-0.2, 0) is 11.0 Å². The van der Waals surface area contributed by atoms with Gasteiger partial charge in [0.25, 0.3) is 5.91 Å². The van der Waals surface area contributed by atoms with Gasteiger partial charge in [0.15, 0.2) is 0 Å². The van der Waals surface area contributed by atoms with Gasteiger partial charge in [0, 0.05) is 19.8 Å². The molecule has 23 heavy (non-hydrogen) atoms. The molecular weight excluding hydrogens is 311 g/mol. The molecule has 0 saturated heterocycles. The SMILES string of the molecule is CC1=C(C(=O)N(C)C)C(c2cccc(C(F)(F)F)c2)NC(=O)N1. The Morgan fingerprint density at radius 1 is 1.26 bits per heavy atom. The van der Waals surface area contributed by atoms with Crippen molar-refractivity contribution >= 4 is 11.9 Å². The molecule has 1 aromatic carbocycles. The standard InChI is InChI=1S/C15H16F3N3O2/c1-8-11(13(22)21(2)3)12(20-14(23)19-8)9-5-4-6-10(7-9)15(16,17)18/h4-7,12H,1-3H3,(H2,19,20,23). The Bertz CT molecular complexity index is 681. The lowest BCUT2D eigenvalue weighted by atomic mass is 9.93.